The highest BCUT2D eigenvalue weighted by atomic mass is 35.5. The summed E-state index contributed by atoms with van der Waals surface area (Å²) in [5, 5.41) is 3.38. The quantitative estimate of drug-likeness (QED) is 0.619. The zero-order valence-corrected chi connectivity index (χ0v) is 16.9. The number of amides is 1. The molecule has 0 saturated carbocycles. The molecule has 0 bridgehead atoms. The van der Waals surface area contributed by atoms with Crippen molar-refractivity contribution in [1.29, 1.82) is 0 Å². The summed E-state index contributed by atoms with van der Waals surface area (Å²) in [7, 11) is -3.24. The first kappa shape index (κ1) is 20.1. The zero-order valence-electron chi connectivity index (χ0n) is 15.4. The molecule has 0 aromatic heterocycles. The van der Waals surface area contributed by atoms with E-state index >= 15 is 0 Å². The van der Waals surface area contributed by atoms with Crippen LogP contribution in [0.4, 0.5) is 5.69 Å². The van der Waals surface area contributed by atoms with Crippen molar-refractivity contribution in [2.75, 3.05) is 11.1 Å². The molecule has 3 rings (SSSR count). The lowest BCUT2D eigenvalue weighted by Crippen LogP contribution is -2.14. The summed E-state index contributed by atoms with van der Waals surface area (Å²) in [5.41, 5.74) is 3.25. The fraction of sp³-hybridized carbons (Fsp3) is 0.136. The Morgan fingerprint density at radius 2 is 1.64 bits per heavy atom. The number of halogens is 1. The van der Waals surface area contributed by atoms with Gasteiger partial charge in [0.25, 0.3) is 0 Å². The van der Waals surface area contributed by atoms with E-state index in [1.54, 1.807) is 25.1 Å². The van der Waals surface area contributed by atoms with Crippen LogP contribution in [0.25, 0.3) is 11.1 Å². The average Bonchev–Trinajstić information content (AvgIpc) is 2.69. The number of carbonyl (C=O) groups excluding carboxylic acids is 1. The van der Waals surface area contributed by atoms with Crippen LogP contribution in [0, 0.1) is 0 Å². The minimum Gasteiger partial charge on any atom is -0.326 e. The van der Waals surface area contributed by atoms with Gasteiger partial charge in [-0.3, -0.25) is 4.79 Å². The van der Waals surface area contributed by atoms with Crippen molar-refractivity contribution in [3.8, 4) is 11.1 Å². The Labute approximate surface area is 170 Å². The molecule has 28 heavy (non-hydrogen) atoms. The van der Waals surface area contributed by atoms with E-state index in [1.807, 2.05) is 42.5 Å². The second kappa shape index (κ2) is 8.59. The molecule has 3 aromatic carbocycles. The highest BCUT2D eigenvalue weighted by molar-refractivity contribution is 7.91. The van der Waals surface area contributed by atoms with E-state index in [0.717, 1.165) is 16.7 Å². The maximum Gasteiger partial charge on any atom is 0.228 e. The third kappa shape index (κ3) is 4.80. The van der Waals surface area contributed by atoms with E-state index in [9.17, 15) is 13.2 Å². The molecule has 0 saturated heterocycles. The molecule has 4 nitrogen and oxygen atoms in total. The second-order valence-corrected chi connectivity index (χ2v) is 9.02. The molecule has 0 spiro atoms. The van der Waals surface area contributed by atoms with Crippen molar-refractivity contribution in [2.24, 2.45) is 0 Å². The lowest BCUT2D eigenvalue weighted by atomic mass is 10.1. The first-order valence-corrected chi connectivity index (χ1v) is 10.9. The number of hydrogen-bond acceptors (Lipinski definition) is 3. The molecule has 0 fully saturated rings. The Balaban J connectivity index is 1.67. The van der Waals surface area contributed by atoms with Gasteiger partial charge in [-0.1, -0.05) is 67.1 Å². The number of anilines is 1. The van der Waals surface area contributed by atoms with Gasteiger partial charge >= 0.3 is 0 Å². The fourth-order valence-electron chi connectivity index (χ4n) is 2.82. The smallest absolute Gasteiger partial charge is 0.228 e. The van der Waals surface area contributed by atoms with E-state index in [2.05, 4.69) is 5.32 Å². The van der Waals surface area contributed by atoms with Crippen LogP contribution in [0.5, 0.6) is 0 Å². The predicted molar refractivity (Wildman–Crippen MR) is 113 cm³/mol. The number of sulfone groups is 1. The van der Waals surface area contributed by atoms with Crippen LogP contribution < -0.4 is 5.32 Å². The van der Waals surface area contributed by atoms with Gasteiger partial charge in [-0.25, -0.2) is 8.42 Å². The van der Waals surface area contributed by atoms with Crippen molar-refractivity contribution in [3.63, 3.8) is 0 Å². The number of benzene rings is 3. The van der Waals surface area contributed by atoms with E-state index in [1.165, 1.54) is 12.1 Å². The van der Waals surface area contributed by atoms with Crippen LogP contribution >= 0.6 is 11.6 Å². The largest absolute Gasteiger partial charge is 0.326 e. The van der Waals surface area contributed by atoms with Gasteiger partial charge in [0, 0.05) is 11.3 Å². The Morgan fingerprint density at radius 3 is 2.25 bits per heavy atom. The molecule has 0 aliphatic heterocycles. The minimum absolute atomic E-state index is 0.0482. The number of nitrogens with one attached hydrogen (secondary N) is 1. The van der Waals surface area contributed by atoms with Gasteiger partial charge in [-0.2, -0.15) is 0 Å². The first-order chi connectivity index (χ1) is 13.4. The fourth-order valence-corrected chi connectivity index (χ4v) is 3.99. The van der Waals surface area contributed by atoms with Gasteiger partial charge in [0.2, 0.25) is 5.91 Å². The third-order valence-corrected chi connectivity index (χ3v) is 6.43. The SMILES string of the molecule is CCS(=O)(=O)c1ccc(CC(=O)Nc2ccc(-c3ccccc3)c(Cl)c2)cc1. The van der Waals surface area contributed by atoms with Crippen molar-refractivity contribution >= 4 is 33.0 Å². The number of hydrogen-bond donors (Lipinski definition) is 1. The molecular weight excluding hydrogens is 394 g/mol. The van der Waals surface area contributed by atoms with Crippen molar-refractivity contribution in [2.45, 2.75) is 18.2 Å². The van der Waals surface area contributed by atoms with Gasteiger partial charge in [0.1, 0.15) is 0 Å². The lowest BCUT2D eigenvalue weighted by molar-refractivity contribution is -0.115. The molecule has 1 amide bonds. The Morgan fingerprint density at radius 1 is 0.964 bits per heavy atom. The van der Waals surface area contributed by atoms with Gasteiger partial charge in [0.05, 0.1) is 22.1 Å². The standard InChI is InChI=1S/C22H20ClNO3S/c1-2-28(26,27)19-11-8-16(9-12-19)14-22(25)24-18-10-13-20(21(23)15-18)17-6-4-3-5-7-17/h3-13,15H,2,14H2,1H3,(H,24,25). The molecule has 6 heteroatoms. The topological polar surface area (TPSA) is 63.2 Å². The van der Waals surface area contributed by atoms with Crippen LogP contribution in [0.1, 0.15) is 12.5 Å². The van der Waals surface area contributed by atoms with Gasteiger partial charge < -0.3 is 5.32 Å². The summed E-state index contributed by atoms with van der Waals surface area (Å²) in [4.78, 5) is 12.6. The van der Waals surface area contributed by atoms with Crippen LogP contribution in [0.2, 0.25) is 5.02 Å². The average molecular weight is 414 g/mol. The first-order valence-electron chi connectivity index (χ1n) is 8.85. The van der Waals surface area contributed by atoms with Gasteiger partial charge in [-0.05, 0) is 35.4 Å². The molecule has 0 atom stereocenters. The Kier molecular flexibility index (Phi) is 6.17. The zero-order chi connectivity index (χ0) is 20.1. The summed E-state index contributed by atoms with van der Waals surface area (Å²) >= 11 is 6.37. The molecular formula is C22H20ClNO3S. The summed E-state index contributed by atoms with van der Waals surface area (Å²) in [6.45, 7) is 1.60. The predicted octanol–water partition coefficient (Wildman–Crippen LogP) is 4.98. The van der Waals surface area contributed by atoms with Crippen molar-refractivity contribution in [3.05, 3.63) is 83.4 Å². The van der Waals surface area contributed by atoms with Crippen LogP contribution in [0.3, 0.4) is 0 Å². The maximum absolute atomic E-state index is 12.3. The number of rotatable bonds is 6. The van der Waals surface area contributed by atoms with Gasteiger partial charge in [0.15, 0.2) is 9.84 Å². The summed E-state index contributed by atoms with van der Waals surface area (Å²) in [6, 6.07) is 21.6. The van der Waals surface area contributed by atoms with Crippen LogP contribution in [-0.4, -0.2) is 20.1 Å². The molecule has 0 aliphatic carbocycles. The van der Waals surface area contributed by atoms with Crippen LogP contribution in [0.15, 0.2) is 77.7 Å². The Bertz CT molecular complexity index is 1080. The Hall–Kier alpha value is -2.63. The van der Waals surface area contributed by atoms with Crippen molar-refractivity contribution < 1.29 is 13.2 Å². The molecule has 0 aliphatic rings. The van der Waals surface area contributed by atoms with Crippen LogP contribution in [-0.2, 0) is 21.1 Å². The maximum atomic E-state index is 12.3. The molecule has 0 unspecified atom stereocenters. The molecule has 0 heterocycles. The lowest BCUT2D eigenvalue weighted by Gasteiger charge is -2.09. The highest BCUT2D eigenvalue weighted by Gasteiger charge is 2.12. The molecule has 0 radical (unpaired) electrons. The van der Waals surface area contributed by atoms with E-state index in [-0.39, 0.29) is 23.0 Å². The number of carbonyl (C=O) groups is 1. The third-order valence-electron chi connectivity index (χ3n) is 4.36. The molecule has 144 valence electrons. The summed E-state index contributed by atoms with van der Waals surface area (Å²) in [5.74, 6) is -0.151. The second-order valence-electron chi connectivity index (χ2n) is 6.33. The molecule has 1 N–H and O–H groups in total. The van der Waals surface area contributed by atoms with Gasteiger partial charge in [-0.15, -0.1) is 0 Å². The highest BCUT2D eigenvalue weighted by Crippen LogP contribution is 2.30. The summed E-state index contributed by atoms with van der Waals surface area (Å²) < 4.78 is 23.7. The molecule has 3 aromatic rings. The minimum atomic E-state index is -3.24. The van der Waals surface area contributed by atoms with E-state index in [0.29, 0.717) is 10.7 Å². The van der Waals surface area contributed by atoms with E-state index in [4.69, 9.17) is 11.6 Å². The summed E-state index contributed by atoms with van der Waals surface area (Å²) in [6.07, 6.45) is 0.143. The normalized spacial score (nSPS) is 11.2. The monoisotopic (exact) mass is 413 g/mol. The van der Waals surface area contributed by atoms with E-state index < -0.39 is 9.84 Å². The van der Waals surface area contributed by atoms with Crippen molar-refractivity contribution in [1.82, 2.24) is 0 Å².